The van der Waals surface area contributed by atoms with Gasteiger partial charge in [0.25, 0.3) is 0 Å². The highest BCUT2D eigenvalue weighted by atomic mass is 15.3. The Morgan fingerprint density at radius 2 is 2.20 bits per heavy atom. The van der Waals surface area contributed by atoms with Gasteiger partial charge in [-0.1, -0.05) is 18.2 Å². The molecule has 2 atom stereocenters. The van der Waals surface area contributed by atoms with Gasteiger partial charge in [-0.2, -0.15) is 5.10 Å². The first kappa shape index (κ1) is 13.6. The summed E-state index contributed by atoms with van der Waals surface area (Å²) in [4.78, 5) is 2.51. The molecule has 3 rings (SSSR count). The van der Waals surface area contributed by atoms with Gasteiger partial charge in [-0.25, -0.2) is 0 Å². The molecule has 4 heteroatoms. The maximum Gasteiger partial charge on any atom is 0.0843 e. The summed E-state index contributed by atoms with van der Waals surface area (Å²) in [5.74, 6) is 0.624. The van der Waals surface area contributed by atoms with Crippen molar-refractivity contribution in [2.75, 3.05) is 13.1 Å². The van der Waals surface area contributed by atoms with Crippen LogP contribution < -0.4 is 5.73 Å². The largest absolute Gasteiger partial charge is 0.328 e. The number of hydrogen-bond donors (Lipinski definition) is 1. The van der Waals surface area contributed by atoms with Crippen LogP contribution >= 0.6 is 0 Å². The van der Waals surface area contributed by atoms with Gasteiger partial charge in [-0.15, -0.1) is 0 Å². The second-order valence-electron chi connectivity index (χ2n) is 6.08. The Balaban J connectivity index is 1.79. The highest BCUT2D eigenvalue weighted by Gasteiger charge is 2.23. The van der Waals surface area contributed by atoms with Gasteiger partial charge < -0.3 is 5.73 Å². The summed E-state index contributed by atoms with van der Waals surface area (Å²) < 4.78 is 1.98. The van der Waals surface area contributed by atoms with Crippen LogP contribution in [-0.4, -0.2) is 33.8 Å². The Morgan fingerprint density at radius 1 is 1.40 bits per heavy atom. The quantitative estimate of drug-likeness (QED) is 0.931. The number of para-hydroxylation sites is 1. The fourth-order valence-corrected chi connectivity index (χ4v) is 3.28. The van der Waals surface area contributed by atoms with Crippen molar-refractivity contribution in [3.8, 4) is 0 Å². The molecule has 0 spiro atoms. The summed E-state index contributed by atoms with van der Waals surface area (Å²) in [5, 5.41) is 5.97. The molecule has 1 aromatic heterocycles. The van der Waals surface area contributed by atoms with Gasteiger partial charge in [-0.05, 0) is 38.3 Å². The number of aryl methyl sites for hydroxylation is 1. The second kappa shape index (κ2) is 5.54. The number of nitrogens with zero attached hydrogens (tertiary/aromatic N) is 3. The van der Waals surface area contributed by atoms with Crippen molar-refractivity contribution < 1.29 is 0 Å². The van der Waals surface area contributed by atoms with Crippen molar-refractivity contribution >= 4 is 10.9 Å². The third-order valence-corrected chi connectivity index (χ3v) is 4.49. The monoisotopic (exact) mass is 272 g/mol. The summed E-state index contributed by atoms with van der Waals surface area (Å²) in [6.07, 6.45) is 2.51. The molecule has 108 valence electrons. The Bertz CT molecular complexity index is 587. The van der Waals surface area contributed by atoms with Crippen LogP contribution in [0.5, 0.6) is 0 Å². The van der Waals surface area contributed by atoms with E-state index in [-0.39, 0.29) is 0 Å². The summed E-state index contributed by atoms with van der Waals surface area (Å²) in [7, 11) is 2.02. The SMILES string of the molecule is CC(N)C1CCCN(Cc2nn(C)c3ccccc23)C1. The first-order valence-corrected chi connectivity index (χ1v) is 7.53. The van der Waals surface area contributed by atoms with E-state index in [0.29, 0.717) is 12.0 Å². The molecule has 2 N–H and O–H groups in total. The molecule has 0 bridgehead atoms. The Labute approximate surface area is 120 Å². The summed E-state index contributed by atoms with van der Waals surface area (Å²) in [6.45, 7) is 5.32. The van der Waals surface area contributed by atoms with Crippen molar-refractivity contribution in [2.24, 2.45) is 18.7 Å². The summed E-state index contributed by atoms with van der Waals surface area (Å²) in [6, 6.07) is 8.76. The van der Waals surface area contributed by atoms with Crippen LogP contribution in [0.4, 0.5) is 0 Å². The zero-order chi connectivity index (χ0) is 14.1. The molecule has 0 saturated carbocycles. The molecule has 4 nitrogen and oxygen atoms in total. The van der Waals surface area contributed by atoms with Crippen molar-refractivity contribution in [3.05, 3.63) is 30.0 Å². The maximum atomic E-state index is 6.07. The van der Waals surface area contributed by atoms with Crippen LogP contribution in [0.1, 0.15) is 25.5 Å². The number of nitrogens with two attached hydrogens (primary N) is 1. The second-order valence-corrected chi connectivity index (χ2v) is 6.08. The molecule has 1 aliphatic rings. The molecule has 0 aliphatic carbocycles. The third kappa shape index (κ3) is 2.58. The fraction of sp³-hybridized carbons (Fsp3) is 0.562. The van der Waals surface area contributed by atoms with E-state index in [1.54, 1.807) is 0 Å². The molecule has 2 unspecified atom stereocenters. The summed E-state index contributed by atoms with van der Waals surface area (Å²) >= 11 is 0. The fourth-order valence-electron chi connectivity index (χ4n) is 3.28. The van der Waals surface area contributed by atoms with Crippen LogP contribution in [0.3, 0.4) is 0 Å². The molecule has 1 saturated heterocycles. The van der Waals surface area contributed by atoms with Crippen LogP contribution in [0.25, 0.3) is 10.9 Å². The Morgan fingerprint density at radius 3 is 3.00 bits per heavy atom. The molecular formula is C16H24N4. The Kier molecular flexibility index (Phi) is 3.76. The highest BCUT2D eigenvalue weighted by Crippen LogP contribution is 2.23. The number of fused-ring (bicyclic) bond motifs is 1. The molecule has 2 heterocycles. The molecule has 0 amide bonds. The number of aromatic nitrogens is 2. The van der Waals surface area contributed by atoms with Gasteiger partial charge >= 0.3 is 0 Å². The summed E-state index contributed by atoms with van der Waals surface area (Å²) in [5.41, 5.74) is 8.47. The molecule has 2 aromatic rings. The maximum absolute atomic E-state index is 6.07. The Hall–Kier alpha value is -1.39. The van der Waals surface area contributed by atoms with Gasteiger partial charge in [0.2, 0.25) is 0 Å². The van der Waals surface area contributed by atoms with E-state index in [1.165, 1.54) is 29.4 Å². The minimum absolute atomic E-state index is 0.290. The molecule has 1 aromatic carbocycles. The van der Waals surface area contributed by atoms with E-state index in [2.05, 4.69) is 36.1 Å². The van der Waals surface area contributed by atoms with E-state index >= 15 is 0 Å². The van der Waals surface area contributed by atoms with Crippen molar-refractivity contribution in [2.45, 2.75) is 32.4 Å². The van der Waals surface area contributed by atoms with Crippen molar-refractivity contribution in [3.63, 3.8) is 0 Å². The van der Waals surface area contributed by atoms with Gasteiger partial charge in [0.05, 0.1) is 11.2 Å². The number of benzene rings is 1. The van der Waals surface area contributed by atoms with Gasteiger partial charge in [0.15, 0.2) is 0 Å². The van der Waals surface area contributed by atoms with Crippen LogP contribution in [-0.2, 0) is 13.6 Å². The van der Waals surface area contributed by atoms with Crippen LogP contribution in [0, 0.1) is 5.92 Å². The third-order valence-electron chi connectivity index (χ3n) is 4.49. The first-order valence-electron chi connectivity index (χ1n) is 7.53. The van der Waals surface area contributed by atoms with Crippen molar-refractivity contribution in [1.29, 1.82) is 0 Å². The molecule has 20 heavy (non-hydrogen) atoms. The average molecular weight is 272 g/mol. The van der Waals surface area contributed by atoms with Crippen LogP contribution in [0.2, 0.25) is 0 Å². The molecule has 1 fully saturated rings. The van der Waals surface area contributed by atoms with E-state index < -0.39 is 0 Å². The topological polar surface area (TPSA) is 47.1 Å². The van der Waals surface area contributed by atoms with E-state index in [0.717, 1.165) is 19.6 Å². The zero-order valence-electron chi connectivity index (χ0n) is 12.4. The van der Waals surface area contributed by atoms with Gasteiger partial charge in [0, 0.05) is 31.6 Å². The minimum Gasteiger partial charge on any atom is -0.328 e. The number of piperidine rings is 1. The average Bonchev–Trinajstić information content (AvgIpc) is 2.76. The lowest BCUT2D eigenvalue weighted by Crippen LogP contribution is -2.42. The van der Waals surface area contributed by atoms with E-state index in [4.69, 9.17) is 10.8 Å². The van der Waals surface area contributed by atoms with Crippen LogP contribution in [0.15, 0.2) is 24.3 Å². The number of likely N-dealkylation sites (tertiary alicyclic amines) is 1. The van der Waals surface area contributed by atoms with E-state index in [1.807, 2.05) is 11.7 Å². The molecular weight excluding hydrogens is 248 g/mol. The van der Waals surface area contributed by atoms with Gasteiger partial charge in [-0.3, -0.25) is 9.58 Å². The molecule has 1 aliphatic heterocycles. The van der Waals surface area contributed by atoms with Crippen molar-refractivity contribution in [1.82, 2.24) is 14.7 Å². The predicted octanol–water partition coefficient (Wildman–Crippen LogP) is 2.13. The number of hydrogen-bond acceptors (Lipinski definition) is 3. The van der Waals surface area contributed by atoms with Gasteiger partial charge in [0.1, 0.15) is 0 Å². The lowest BCUT2D eigenvalue weighted by atomic mass is 9.92. The van der Waals surface area contributed by atoms with E-state index in [9.17, 15) is 0 Å². The standard InChI is InChI=1S/C16H24N4/c1-12(17)13-6-5-9-20(10-13)11-15-14-7-3-4-8-16(14)19(2)18-15/h3-4,7-8,12-13H,5-6,9-11,17H2,1-2H3. The predicted molar refractivity (Wildman–Crippen MR) is 82.4 cm³/mol. The lowest BCUT2D eigenvalue weighted by molar-refractivity contribution is 0.153. The smallest absolute Gasteiger partial charge is 0.0843 e. The minimum atomic E-state index is 0.290. The normalized spacial score (nSPS) is 22.2. The first-order chi connectivity index (χ1) is 9.65. The molecule has 0 radical (unpaired) electrons. The number of rotatable bonds is 3. The lowest BCUT2D eigenvalue weighted by Gasteiger charge is -2.34. The zero-order valence-corrected chi connectivity index (χ0v) is 12.4. The highest BCUT2D eigenvalue weighted by molar-refractivity contribution is 5.81.